The molecule has 0 N–H and O–H groups in total. The lowest BCUT2D eigenvalue weighted by Gasteiger charge is -2.17. The van der Waals surface area contributed by atoms with Gasteiger partial charge in [0.2, 0.25) is 0 Å². The molecule has 0 aliphatic carbocycles. The molecule has 0 amide bonds. The molecule has 0 atom stereocenters. The van der Waals surface area contributed by atoms with Crippen LogP contribution in [0.3, 0.4) is 0 Å². The van der Waals surface area contributed by atoms with Crippen LogP contribution < -0.4 is 0 Å². The Bertz CT molecular complexity index is 3790. The van der Waals surface area contributed by atoms with Gasteiger partial charge in [-0.3, -0.25) is 0 Å². The standard InChI is InChI=1S/C59H34N6S/c1-60-50-22-12-9-19-43(50)41-27-31-52-47(34-41)48-35-42(44-20-10-13-23-51(44)61-2)28-32-53(48)65(52)54-30-26-39(40-25-29-46-45-21-11-14-24-55(45)66-56(46)36-40)33-49(54)59-63-57(37-15-5-3-6-16-37)62-58(64-59)38-17-7-4-8-18-38/h3-36H. The van der Waals surface area contributed by atoms with E-state index in [1.807, 2.05) is 121 Å². The highest BCUT2D eigenvalue weighted by atomic mass is 32.1. The van der Waals surface area contributed by atoms with E-state index in [1.54, 1.807) is 0 Å². The van der Waals surface area contributed by atoms with Gasteiger partial charge in [-0.25, -0.2) is 24.6 Å². The molecule has 6 nitrogen and oxygen atoms in total. The third kappa shape index (κ3) is 6.59. The van der Waals surface area contributed by atoms with E-state index in [2.05, 4.69) is 111 Å². The minimum Gasteiger partial charge on any atom is -0.308 e. The number of hydrogen-bond acceptors (Lipinski definition) is 4. The summed E-state index contributed by atoms with van der Waals surface area (Å²) in [7, 11) is 0. The van der Waals surface area contributed by atoms with Gasteiger partial charge in [0.25, 0.3) is 0 Å². The third-order valence-corrected chi connectivity index (χ3v) is 13.5. The van der Waals surface area contributed by atoms with E-state index < -0.39 is 0 Å². The summed E-state index contributed by atoms with van der Waals surface area (Å²) in [6.07, 6.45) is 0. The molecule has 0 saturated carbocycles. The number of hydrogen-bond donors (Lipinski definition) is 0. The first-order chi connectivity index (χ1) is 32.6. The number of nitrogens with zero attached hydrogens (tertiary/aromatic N) is 6. The topological polar surface area (TPSA) is 52.3 Å². The molecule has 12 aromatic rings. The van der Waals surface area contributed by atoms with E-state index in [0.717, 1.165) is 77.6 Å². The van der Waals surface area contributed by atoms with Gasteiger partial charge in [-0.15, -0.1) is 11.3 Å². The Balaban J connectivity index is 1.15. The summed E-state index contributed by atoms with van der Waals surface area (Å²) in [6, 6.07) is 70.5. The van der Waals surface area contributed by atoms with Gasteiger partial charge in [0.1, 0.15) is 0 Å². The highest BCUT2D eigenvalue weighted by Crippen LogP contribution is 2.43. The van der Waals surface area contributed by atoms with Crippen LogP contribution in [-0.2, 0) is 0 Å². The minimum absolute atomic E-state index is 0.544. The van der Waals surface area contributed by atoms with Crippen molar-refractivity contribution >= 4 is 64.7 Å². The second-order valence-corrected chi connectivity index (χ2v) is 17.2. The van der Waals surface area contributed by atoms with Crippen LogP contribution in [-0.4, -0.2) is 19.5 Å². The van der Waals surface area contributed by atoms with Crippen LogP contribution in [0.2, 0.25) is 0 Å². The summed E-state index contributed by atoms with van der Waals surface area (Å²) >= 11 is 1.81. The molecule has 7 heteroatoms. The molecule has 0 bridgehead atoms. The van der Waals surface area contributed by atoms with Crippen LogP contribution in [0.25, 0.3) is 125 Å². The van der Waals surface area contributed by atoms with E-state index >= 15 is 0 Å². The van der Waals surface area contributed by atoms with Crippen molar-refractivity contribution in [2.24, 2.45) is 0 Å². The molecule has 0 aliphatic heterocycles. The molecule has 12 rings (SSSR count). The first-order valence-electron chi connectivity index (χ1n) is 21.6. The fraction of sp³-hybridized carbons (Fsp3) is 0. The Morgan fingerprint density at radius 2 is 0.833 bits per heavy atom. The van der Waals surface area contributed by atoms with Crippen molar-refractivity contribution in [2.45, 2.75) is 0 Å². The van der Waals surface area contributed by atoms with Gasteiger partial charge in [0.05, 0.1) is 29.9 Å². The zero-order valence-electron chi connectivity index (χ0n) is 35.2. The molecule has 306 valence electrons. The summed E-state index contributed by atoms with van der Waals surface area (Å²) in [5.74, 6) is 1.70. The van der Waals surface area contributed by atoms with Crippen molar-refractivity contribution in [1.29, 1.82) is 0 Å². The van der Waals surface area contributed by atoms with Crippen molar-refractivity contribution < 1.29 is 0 Å². The number of aromatic nitrogens is 4. The van der Waals surface area contributed by atoms with Gasteiger partial charge in [-0.05, 0) is 81.9 Å². The van der Waals surface area contributed by atoms with E-state index in [-0.39, 0.29) is 0 Å². The SMILES string of the molecule is [C-]#[N+]c1ccccc1-c1ccc2c(c1)c1cc(-c3ccccc3[N+]#[C-])ccc1n2-c1ccc(-c2ccc3c(c2)sc2ccccc23)cc1-c1nc(-c2ccccc2)nc(-c2ccccc2)n1. The van der Waals surface area contributed by atoms with Crippen molar-refractivity contribution in [3.8, 4) is 73.2 Å². The smallest absolute Gasteiger partial charge is 0.194 e. The number of rotatable bonds is 7. The van der Waals surface area contributed by atoms with Crippen LogP contribution in [0, 0.1) is 13.1 Å². The van der Waals surface area contributed by atoms with Crippen LogP contribution in [0.15, 0.2) is 206 Å². The predicted molar refractivity (Wildman–Crippen MR) is 272 cm³/mol. The highest BCUT2D eigenvalue weighted by molar-refractivity contribution is 7.25. The maximum atomic E-state index is 7.98. The number of fused-ring (bicyclic) bond motifs is 6. The Morgan fingerprint density at radius 1 is 0.348 bits per heavy atom. The number of benzene rings is 9. The second kappa shape index (κ2) is 16.0. The fourth-order valence-electron chi connectivity index (χ4n) is 9.17. The van der Waals surface area contributed by atoms with Crippen LogP contribution >= 0.6 is 11.3 Å². The van der Waals surface area contributed by atoms with Crippen molar-refractivity contribution in [2.75, 3.05) is 0 Å². The number of para-hydroxylation sites is 2. The van der Waals surface area contributed by atoms with Gasteiger partial charge >= 0.3 is 0 Å². The molecule has 3 aromatic heterocycles. The maximum absolute atomic E-state index is 7.98. The van der Waals surface area contributed by atoms with Gasteiger partial charge < -0.3 is 4.57 Å². The quantitative estimate of drug-likeness (QED) is 0.150. The van der Waals surface area contributed by atoms with E-state index in [9.17, 15) is 0 Å². The molecule has 3 heterocycles. The first kappa shape index (κ1) is 38.6. The summed E-state index contributed by atoms with van der Waals surface area (Å²) < 4.78 is 4.80. The summed E-state index contributed by atoms with van der Waals surface area (Å²) in [5, 5.41) is 4.54. The fourth-order valence-corrected chi connectivity index (χ4v) is 10.3. The number of thiophene rings is 1. The Hall–Kier alpha value is -9.01. The Labute approximate surface area is 384 Å². The Kier molecular flexibility index (Phi) is 9.35. The lowest BCUT2D eigenvalue weighted by atomic mass is 9.99. The van der Waals surface area contributed by atoms with E-state index in [4.69, 9.17) is 28.1 Å². The molecule has 0 fully saturated rings. The second-order valence-electron chi connectivity index (χ2n) is 16.1. The van der Waals surface area contributed by atoms with Crippen molar-refractivity contribution in [1.82, 2.24) is 19.5 Å². The minimum atomic E-state index is 0.544. The highest BCUT2D eigenvalue weighted by Gasteiger charge is 2.22. The zero-order chi connectivity index (χ0) is 44.1. The molecule has 0 saturated heterocycles. The van der Waals surface area contributed by atoms with Crippen LogP contribution in [0.4, 0.5) is 11.4 Å². The summed E-state index contributed by atoms with van der Waals surface area (Å²) in [5.41, 5.74) is 12.4. The van der Waals surface area contributed by atoms with Crippen LogP contribution in [0.1, 0.15) is 0 Å². The van der Waals surface area contributed by atoms with Crippen molar-refractivity contribution in [3.05, 3.63) is 229 Å². The van der Waals surface area contributed by atoms with Gasteiger partial charge in [0.15, 0.2) is 28.8 Å². The molecule has 9 aromatic carbocycles. The van der Waals surface area contributed by atoms with Crippen LogP contribution in [0.5, 0.6) is 0 Å². The lowest BCUT2D eigenvalue weighted by molar-refractivity contribution is 1.06. The Morgan fingerprint density at radius 3 is 1.44 bits per heavy atom. The van der Waals surface area contributed by atoms with Gasteiger partial charge in [0, 0.05) is 47.6 Å². The summed E-state index contributed by atoms with van der Waals surface area (Å²) in [6.45, 7) is 16.0. The molecular formula is C59H34N6S. The maximum Gasteiger partial charge on any atom is 0.194 e. The molecule has 0 radical (unpaired) electrons. The molecular weight excluding hydrogens is 825 g/mol. The molecule has 0 aliphatic rings. The van der Waals surface area contributed by atoms with Crippen molar-refractivity contribution in [3.63, 3.8) is 0 Å². The first-order valence-corrected chi connectivity index (χ1v) is 22.4. The average Bonchev–Trinajstić information content (AvgIpc) is 3.93. The largest absolute Gasteiger partial charge is 0.308 e. The van der Waals surface area contributed by atoms with E-state index in [0.29, 0.717) is 28.8 Å². The molecule has 0 spiro atoms. The van der Waals surface area contributed by atoms with Gasteiger partial charge in [-0.2, -0.15) is 0 Å². The zero-order valence-corrected chi connectivity index (χ0v) is 36.0. The average molecular weight is 859 g/mol. The summed E-state index contributed by atoms with van der Waals surface area (Å²) in [4.78, 5) is 23.4. The lowest BCUT2D eigenvalue weighted by Crippen LogP contribution is -2.04. The normalized spacial score (nSPS) is 11.3. The predicted octanol–water partition coefficient (Wildman–Crippen LogP) is 16.4. The van der Waals surface area contributed by atoms with Gasteiger partial charge in [-0.1, -0.05) is 158 Å². The van der Waals surface area contributed by atoms with E-state index in [1.165, 1.54) is 20.2 Å². The third-order valence-electron chi connectivity index (χ3n) is 12.3. The molecule has 0 unspecified atom stereocenters. The monoisotopic (exact) mass is 858 g/mol. The molecule has 66 heavy (non-hydrogen) atoms.